The maximum Gasteiger partial charge on any atom is 0.250 e. The maximum absolute atomic E-state index is 12.2. The van der Waals surface area contributed by atoms with Crippen molar-refractivity contribution in [3.05, 3.63) is 48.0 Å². The molecule has 1 aromatic carbocycles. The summed E-state index contributed by atoms with van der Waals surface area (Å²) in [4.78, 5) is 29.3. The van der Waals surface area contributed by atoms with E-state index in [-0.39, 0.29) is 18.9 Å². The van der Waals surface area contributed by atoms with Gasteiger partial charge in [-0.15, -0.1) is 0 Å². The van der Waals surface area contributed by atoms with Gasteiger partial charge in [-0.1, -0.05) is 36.4 Å². The summed E-state index contributed by atoms with van der Waals surface area (Å²) in [5, 5.41) is 20.1. The fourth-order valence-electron chi connectivity index (χ4n) is 2.58. The standard InChI is InChI=1S/C15H15NO5/c17-11-6-7-15(14(20)13(11)19)8-12(18)16(15)21-9-10-4-2-1-3-5-10/h1-7,11,13,17,19H,8-9H2/t11?,13-,15+/m1/s1. The first-order valence-corrected chi connectivity index (χ1v) is 6.64. The molecule has 1 spiro atoms. The molecule has 0 bridgehead atoms. The number of carbonyl (C=O) groups excluding carboxylic acids is 2. The monoisotopic (exact) mass is 289 g/mol. The molecule has 2 aliphatic rings. The molecule has 0 saturated carbocycles. The summed E-state index contributed by atoms with van der Waals surface area (Å²) < 4.78 is 0. The number of amides is 1. The van der Waals surface area contributed by atoms with Crippen LogP contribution in [0.1, 0.15) is 12.0 Å². The summed E-state index contributed by atoms with van der Waals surface area (Å²) in [6.07, 6.45) is -0.0852. The van der Waals surface area contributed by atoms with Gasteiger partial charge in [0.2, 0.25) is 0 Å². The molecule has 3 rings (SSSR count). The molecule has 21 heavy (non-hydrogen) atoms. The first kappa shape index (κ1) is 13.9. The number of aliphatic hydroxyl groups is 2. The van der Waals surface area contributed by atoms with Gasteiger partial charge in [-0.25, -0.2) is 5.06 Å². The zero-order chi connectivity index (χ0) is 15.0. The van der Waals surface area contributed by atoms with Crippen LogP contribution < -0.4 is 0 Å². The predicted octanol–water partition coefficient (Wildman–Crippen LogP) is -0.0500. The van der Waals surface area contributed by atoms with Crippen molar-refractivity contribution in [2.24, 2.45) is 0 Å². The highest BCUT2D eigenvalue weighted by atomic mass is 16.7. The van der Waals surface area contributed by atoms with Crippen LogP contribution in [0.15, 0.2) is 42.5 Å². The second-order valence-electron chi connectivity index (χ2n) is 5.21. The predicted molar refractivity (Wildman–Crippen MR) is 71.6 cm³/mol. The van der Waals surface area contributed by atoms with Crippen molar-refractivity contribution in [2.45, 2.75) is 30.8 Å². The molecule has 0 aromatic heterocycles. The normalized spacial score (nSPS) is 31.6. The fraction of sp³-hybridized carbons (Fsp3) is 0.333. The summed E-state index contributed by atoms with van der Waals surface area (Å²) in [6, 6.07) is 9.24. The van der Waals surface area contributed by atoms with Crippen molar-refractivity contribution in [3.8, 4) is 0 Å². The number of hydrogen-bond acceptors (Lipinski definition) is 5. The number of β-lactam (4-membered cyclic amide) rings is 1. The number of carbonyl (C=O) groups is 2. The van der Waals surface area contributed by atoms with Gasteiger partial charge in [0.15, 0.2) is 11.3 Å². The van der Waals surface area contributed by atoms with Crippen molar-refractivity contribution >= 4 is 11.7 Å². The van der Waals surface area contributed by atoms with Gasteiger partial charge in [0.25, 0.3) is 5.91 Å². The first-order valence-electron chi connectivity index (χ1n) is 6.64. The molecule has 6 nitrogen and oxygen atoms in total. The Morgan fingerprint density at radius 1 is 1.24 bits per heavy atom. The molecular weight excluding hydrogens is 274 g/mol. The average molecular weight is 289 g/mol. The van der Waals surface area contributed by atoms with Crippen molar-refractivity contribution < 1.29 is 24.6 Å². The molecule has 1 aromatic rings. The zero-order valence-electron chi connectivity index (χ0n) is 11.2. The van der Waals surface area contributed by atoms with E-state index in [0.717, 1.165) is 10.6 Å². The molecule has 3 atom stereocenters. The van der Waals surface area contributed by atoms with Crippen molar-refractivity contribution in [1.29, 1.82) is 0 Å². The third-order valence-electron chi connectivity index (χ3n) is 3.80. The Bertz CT molecular complexity index is 599. The summed E-state index contributed by atoms with van der Waals surface area (Å²) in [5.41, 5.74) is -0.426. The number of aliphatic hydroxyl groups excluding tert-OH is 2. The quantitative estimate of drug-likeness (QED) is 0.602. The van der Waals surface area contributed by atoms with Crippen LogP contribution in [0.3, 0.4) is 0 Å². The number of benzene rings is 1. The third kappa shape index (κ3) is 2.17. The van der Waals surface area contributed by atoms with Crippen LogP contribution in [0.2, 0.25) is 0 Å². The molecule has 110 valence electrons. The minimum Gasteiger partial charge on any atom is -0.386 e. The van der Waals surface area contributed by atoms with E-state index in [1.54, 1.807) is 0 Å². The number of hydrogen-bond donors (Lipinski definition) is 2. The van der Waals surface area contributed by atoms with Crippen LogP contribution in [-0.2, 0) is 21.0 Å². The van der Waals surface area contributed by atoms with E-state index in [4.69, 9.17) is 4.84 Å². The molecule has 1 amide bonds. The molecule has 1 unspecified atom stereocenters. The maximum atomic E-state index is 12.2. The third-order valence-corrected chi connectivity index (χ3v) is 3.80. The number of hydroxylamine groups is 2. The van der Waals surface area contributed by atoms with Crippen LogP contribution in [0.5, 0.6) is 0 Å². The van der Waals surface area contributed by atoms with E-state index in [0.29, 0.717) is 0 Å². The van der Waals surface area contributed by atoms with Gasteiger partial charge in [0, 0.05) is 0 Å². The van der Waals surface area contributed by atoms with Crippen molar-refractivity contribution in [2.75, 3.05) is 0 Å². The number of Topliss-reactive ketones (excluding diaryl/α,β-unsaturated/α-hetero) is 1. The highest BCUT2D eigenvalue weighted by molar-refractivity contribution is 6.06. The second-order valence-corrected chi connectivity index (χ2v) is 5.21. The summed E-state index contributed by atoms with van der Waals surface area (Å²) in [5.74, 6) is -0.947. The molecule has 1 aliphatic carbocycles. The molecule has 1 saturated heterocycles. The Morgan fingerprint density at radius 2 is 1.95 bits per heavy atom. The van der Waals surface area contributed by atoms with E-state index in [1.165, 1.54) is 12.2 Å². The van der Waals surface area contributed by atoms with Crippen molar-refractivity contribution in [1.82, 2.24) is 5.06 Å². The Morgan fingerprint density at radius 3 is 2.62 bits per heavy atom. The van der Waals surface area contributed by atoms with Gasteiger partial charge >= 0.3 is 0 Å². The van der Waals surface area contributed by atoms with Gasteiger partial charge in [0.1, 0.15) is 18.8 Å². The average Bonchev–Trinajstić information content (AvgIpc) is 2.49. The number of nitrogens with zero attached hydrogens (tertiary/aromatic N) is 1. The van der Waals surface area contributed by atoms with Gasteiger partial charge < -0.3 is 10.2 Å². The SMILES string of the molecule is O=C1C[C@]2(C=CC(O)[C@@H](O)C2=O)N1OCc1ccccc1. The van der Waals surface area contributed by atoms with Crippen molar-refractivity contribution in [3.63, 3.8) is 0 Å². The lowest BCUT2D eigenvalue weighted by Crippen LogP contribution is -2.70. The molecule has 6 heteroatoms. The van der Waals surface area contributed by atoms with E-state index < -0.39 is 23.5 Å². The van der Waals surface area contributed by atoms with Crippen LogP contribution in [-0.4, -0.2) is 44.7 Å². The van der Waals surface area contributed by atoms with Gasteiger partial charge in [-0.3, -0.25) is 14.4 Å². The highest BCUT2D eigenvalue weighted by Gasteiger charge is 2.60. The Kier molecular flexibility index (Phi) is 3.36. The van der Waals surface area contributed by atoms with Gasteiger partial charge in [-0.05, 0) is 11.6 Å². The summed E-state index contributed by atoms with van der Waals surface area (Å²) >= 11 is 0. The minimum absolute atomic E-state index is 0.0547. The van der Waals surface area contributed by atoms with Crippen LogP contribution in [0.25, 0.3) is 0 Å². The molecule has 1 fully saturated rings. The minimum atomic E-state index is -1.54. The molecular formula is C15H15NO5. The number of ketones is 1. The first-order chi connectivity index (χ1) is 10.0. The van der Waals surface area contributed by atoms with Gasteiger partial charge in [-0.2, -0.15) is 0 Å². The summed E-state index contributed by atoms with van der Waals surface area (Å²) in [6.45, 7) is 0.147. The Hall–Kier alpha value is -2.02. The summed E-state index contributed by atoms with van der Waals surface area (Å²) in [7, 11) is 0. The Labute approximate surface area is 121 Å². The Balaban J connectivity index is 1.77. The molecule has 1 aliphatic heterocycles. The van der Waals surface area contributed by atoms with Crippen LogP contribution in [0.4, 0.5) is 0 Å². The topological polar surface area (TPSA) is 87.1 Å². The zero-order valence-corrected chi connectivity index (χ0v) is 11.2. The van der Waals surface area contributed by atoms with E-state index in [2.05, 4.69) is 0 Å². The smallest absolute Gasteiger partial charge is 0.250 e. The van der Waals surface area contributed by atoms with E-state index in [1.807, 2.05) is 30.3 Å². The molecule has 1 heterocycles. The van der Waals surface area contributed by atoms with Crippen LogP contribution in [0, 0.1) is 0 Å². The molecule has 2 N–H and O–H groups in total. The number of rotatable bonds is 3. The lowest BCUT2D eigenvalue weighted by atomic mass is 9.75. The molecule has 0 radical (unpaired) electrons. The van der Waals surface area contributed by atoms with Crippen LogP contribution >= 0.6 is 0 Å². The van der Waals surface area contributed by atoms with E-state index in [9.17, 15) is 19.8 Å². The largest absolute Gasteiger partial charge is 0.386 e. The lowest BCUT2D eigenvalue weighted by molar-refractivity contribution is -0.251. The highest BCUT2D eigenvalue weighted by Crippen LogP contribution is 2.38. The van der Waals surface area contributed by atoms with Gasteiger partial charge in [0.05, 0.1) is 6.42 Å². The lowest BCUT2D eigenvalue weighted by Gasteiger charge is -2.49. The fourth-order valence-corrected chi connectivity index (χ4v) is 2.58. The second kappa shape index (κ2) is 5.07. The van der Waals surface area contributed by atoms with E-state index >= 15 is 0 Å².